The Labute approximate surface area is 523 Å². The van der Waals surface area contributed by atoms with E-state index in [2.05, 4.69) is 312 Å². The van der Waals surface area contributed by atoms with Crippen LogP contribution in [-0.4, -0.2) is 15.8 Å². The average molecular weight is 1150 g/mol. The third kappa shape index (κ3) is 8.11. The van der Waals surface area contributed by atoms with Crippen molar-refractivity contribution in [2.45, 2.75) is 19.8 Å². The Morgan fingerprint density at radius 2 is 0.678 bits per heavy atom. The normalized spacial score (nSPS) is 12.3. The lowest BCUT2D eigenvalue weighted by molar-refractivity contribution is 0.866. The van der Waals surface area contributed by atoms with Crippen LogP contribution in [0.1, 0.15) is 36.5 Å². The Hall–Kier alpha value is -11.9. The lowest BCUT2D eigenvalue weighted by Crippen LogP contribution is -2.61. The van der Waals surface area contributed by atoms with E-state index in [1.54, 1.807) is 0 Å². The molecule has 0 unspecified atom stereocenters. The first-order valence-corrected chi connectivity index (χ1v) is 30.8. The van der Waals surface area contributed by atoms with E-state index in [0.717, 1.165) is 134 Å². The molecule has 4 heterocycles. The molecule has 15 aromatic rings. The van der Waals surface area contributed by atoms with Crippen molar-refractivity contribution in [3.8, 4) is 68.0 Å². The molecule has 7 heteroatoms. The second kappa shape index (κ2) is 20.9. The summed E-state index contributed by atoms with van der Waals surface area (Å²) in [6.07, 6.45) is 0. The van der Waals surface area contributed by atoms with Crippen molar-refractivity contribution in [2.75, 3.05) is 9.80 Å². The highest BCUT2D eigenvalue weighted by Crippen LogP contribution is 2.54. The minimum Gasteiger partial charge on any atom is -0.310 e. The van der Waals surface area contributed by atoms with Crippen molar-refractivity contribution < 1.29 is 0 Å². The number of rotatable bonds is 9. The van der Waals surface area contributed by atoms with Crippen molar-refractivity contribution in [1.82, 2.24) is 9.13 Å². The van der Waals surface area contributed by atoms with Gasteiger partial charge in [-0.05, 0) is 135 Å². The predicted octanol–water partition coefficient (Wildman–Crippen LogP) is 19.5. The summed E-state index contributed by atoms with van der Waals surface area (Å²) in [6.45, 7) is 4.40. The molecule has 0 saturated heterocycles. The minimum absolute atomic E-state index is 0.122. The summed E-state index contributed by atoms with van der Waals surface area (Å²) >= 11 is 0. The first-order valence-electron chi connectivity index (χ1n) is 30.8. The van der Waals surface area contributed by atoms with Gasteiger partial charge in [0.25, 0.3) is 6.71 Å². The second-order valence-electron chi connectivity index (χ2n) is 24.0. The van der Waals surface area contributed by atoms with Crippen LogP contribution in [0.25, 0.3) is 99.5 Å². The first kappa shape index (κ1) is 52.4. The molecule has 0 saturated carbocycles. The lowest BCUT2D eigenvalue weighted by atomic mass is 9.33. The summed E-state index contributed by atoms with van der Waals surface area (Å²) in [6, 6.07) is 111. The fourth-order valence-electron chi connectivity index (χ4n) is 14.7. The zero-order valence-electron chi connectivity index (χ0n) is 49.6. The van der Waals surface area contributed by atoms with Crippen LogP contribution in [0.15, 0.2) is 291 Å². The topological polar surface area (TPSA) is 63.9 Å². The molecule has 17 rings (SSSR count). The first-order chi connectivity index (χ1) is 44.4. The number of hydrogen-bond acceptors (Lipinski definition) is 4. The third-order valence-electron chi connectivity index (χ3n) is 18.7. The monoisotopic (exact) mass is 1150 g/mol. The summed E-state index contributed by atoms with van der Waals surface area (Å²) in [5, 5.41) is 24.8. The Bertz CT molecular complexity index is 5050. The molecule has 0 fully saturated rings. The molecule has 0 N–H and O–H groups in total. The maximum absolute atomic E-state index is 10.2. The van der Waals surface area contributed by atoms with Crippen LogP contribution in [0.5, 0.6) is 0 Å². The highest BCUT2D eigenvalue weighted by atomic mass is 15.2. The van der Waals surface area contributed by atoms with Crippen molar-refractivity contribution in [3.63, 3.8) is 0 Å². The Morgan fingerprint density at radius 1 is 0.322 bits per heavy atom. The van der Waals surface area contributed by atoms with Gasteiger partial charge in [0.2, 0.25) is 0 Å². The summed E-state index contributed by atoms with van der Waals surface area (Å²) in [7, 11) is 0. The molecule has 6 nitrogen and oxygen atoms in total. The SMILES string of the molecule is CC(C)c1cc2c3c(c1)N(c1c(-c4ccccc4)cccc1-c1ccccc1)c1cc(-n4c5ccccc5c5cc(C#N)ccc54)ccc1B3c1ccc(-n3c4ccccc4c4cc(C#N)ccc43)cc1N2c1c(-c2ccccc2)cccc1-c1ccccc1. The van der Waals surface area contributed by atoms with Gasteiger partial charge in [-0.25, -0.2) is 0 Å². The summed E-state index contributed by atoms with van der Waals surface area (Å²) in [4.78, 5) is 5.25. The standard InChI is InChI=1S/C83H55BN6/c1-53(2)60-47-79-81-80(48-60)90(83-65(58-25-11-5-12-26-58)33-20-34-66(83)59-27-13-6-14-28-59)78-50-62(88-74-36-18-16-30-68(74)70-46-55(52-86)38-44-76(70)88)40-42-72(78)84(81)71-41-39-61(87-73-35-17-15-29-67(73)69-45-54(51-85)37-43-75(69)87)49-77(71)89(79)82-63(56-21-7-3-8-22-56)31-19-32-64(82)57-23-9-4-10-24-57/h3-50,53H,1-2H3. The van der Waals surface area contributed by atoms with Crippen LogP contribution in [0.4, 0.5) is 34.1 Å². The molecular formula is C83H55BN6. The van der Waals surface area contributed by atoms with Gasteiger partial charge < -0.3 is 18.9 Å². The third-order valence-corrected chi connectivity index (χ3v) is 18.7. The Kier molecular flexibility index (Phi) is 12.2. The lowest BCUT2D eigenvalue weighted by Gasteiger charge is -2.46. The van der Waals surface area contributed by atoms with E-state index in [9.17, 15) is 10.5 Å². The maximum atomic E-state index is 10.2. The smallest absolute Gasteiger partial charge is 0.252 e. The zero-order valence-corrected chi connectivity index (χ0v) is 49.6. The molecule has 0 spiro atoms. The van der Waals surface area contributed by atoms with Gasteiger partial charge in [0.1, 0.15) is 0 Å². The van der Waals surface area contributed by atoms with E-state index in [-0.39, 0.29) is 12.6 Å². The van der Waals surface area contributed by atoms with Crippen LogP contribution < -0.4 is 26.2 Å². The largest absolute Gasteiger partial charge is 0.310 e. The molecule has 0 bridgehead atoms. The molecule has 0 radical (unpaired) electrons. The van der Waals surface area contributed by atoms with Crippen LogP contribution in [0.2, 0.25) is 0 Å². The van der Waals surface area contributed by atoms with Crippen molar-refractivity contribution in [3.05, 3.63) is 308 Å². The molecule has 420 valence electrons. The number of anilines is 6. The Balaban J connectivity index is 1.04. The number of benzene rings is 13. The molecular weight excluding hydrogens is 1090 g/mol. The predicted molar refractivity (Wildman–Crippen MR) is 374 cm³/mol. The highest BCUT2D eigenvalue weighted by Gasteiger charge is 2.46. The molecule has 2 aliphatic rings. The van der Waals surface area contributed by atoms with E-state index < -0.39 is 0 Å². The van der Waals surface area contributed by atoms with Crippen LogP contribution in [-0.2, 0) is 0 Å². The van der Waals surface area contributed by atoms with Gasteiger partial charge in [-0.1, -0.05) is 220 Å². The van der Waals surface area contributed by atoms with Gasteiger partial charge in [0, 0.05) is 77.9 Å². The molecule has 90 heavy (non-hydrogen) atoms. The number of aromatic nitrogens is 2. The maximum Gasteiger partial charge on any atom is 0.252 e. The highest BCUT2D eigenvalue weighted by molar-refractivity contribution is 7.00. The van der Waals surface area contributed by atoms with Gasteiger partial charge >= 0.3 is 0 Å². The van der Waals surface area contributed by atoms with Gasteiger partial charge in [-0.3, -0.25) is 0 Å². The van der Waals surface area contributed by atoms with E-state index in [0.29, 0.717) is 11.1 Å². The minimum atomic E-state index is -0.252. The van der Waals surface area contributed by atoms with E-state index in [1.165, 1.54) is 22.0 Å². The van der Waals surface area contributed by atoms with Gasteiger partial charge in [0.15, 0.2) is 0 Å². The van der Waals surface area contributed by atoms with Crippen molar-refractivity contribution in [1.29, 1.82) is 10.5 Å². The molecule has 0 atom stereocenters. The second-order valence-corrected chi connectivity index (χ2v) is 24.0. The summed E-state index contributed by atoms with van der Waals surface area (Å²) in [5.74, 6) is 0.122. The molecule has 2 aliphatic heterocycles. The molecule has 13 aromatic carbocycles. The van der Waals surface area contributed by atoms with Gasteiger partial charge in [0.05, 0.1) is 56.7 Å². The van der Waals surface area contributed by atoms with E-state index in [4.69, 9.17) is 0 Å². The van der Waals surface area contributed by atoms with Crippen molar-refractivity contribution in [2.24, 2.45) is 0 Å². The molecule has 2 aromatic heterocycles. The van der Waals surface area contributed by atoms with E-state index in [1.807, 2.05) is 24.3 Å². The van der Waals surface area contributed by atoms with Gasteiger partial charge in [-0.2, -0.15) is 10.5 Å². The number of para-hydroxylation sites is 4. The van der Waals surface area contributed by atoms with Crippen LogP contribution in [0, 0.1) is 22.7 Å². The summed E-state index contributed by atoms with van der Waals surface area (Å²) in [5.41, 5.74) is 27.7. The average Bonchev–Trinajstić information content (AvgIpc) is 0.781. The number of hydrogen-bond donors (Lipinski definition) is 0. The molecule has 0 amide bonds. The van der Waals surface area contributed by atoms with Crippen molar-refractivity contribution >= 4 is 101 Å². The Morgan fingerprint density at radius 3 is 1.04 bits per heavy atom. The fraction of sp³-hybridized carbons (Fsp3) is 0.0361. The van der Waals surface area contributed by atoms with Crippen LogP contribution >= 0.6 is 0 Å². The fourth-order valence-corrected chi connectivity index (χ4v) is 14.7. The number of fused-ring (bicyclic) bond motifs is 10. The molecule has 0 aliphatic carbocycles. The summed E-state index contributed by atoms with van der Waals surface area (Å²) < 4.78 is 4.77. The van der Waals surface area contributed by atoms with E-state index >= 15 is 0 Å². The van der Waals surface area contributed by atoms with Gasteiger partial charge in [-0.15, -0.1) is 0 Å². The quantitative estimate of drug-likeness (QED) is 0.135. The zero-order chi connectivity index (χ0) is 60.1. The number of nitrogens with zero attached hydrogens (tertiary/aromatic N) is 6. The van der Waals surface area contributed by atoms with Crippen LogP contribution in [0.3, 0.4) is 0 Å². The number of nitriles is 2.